The summed E-state index contributed by atoms with van der Waals surface area (Å²) >= 11 is 0. The van der Waals surface area contributed by atoms with Gasteiger partial charge in [-0.15, -0.1) is 0 Å². The Morgan fingerprint density at radius 1 is 1.33 bits per heavy atom. The lowest BCUT2D eigenvalue weighted by Crippen LogP contribution is -2.10. The number of hydrogen-bond acceptors (Lipinski definition) is 1. The average molecular weight is 201 g/mol. The maximum Gasteiger partial charge on any atom is -0.00689 e. The summed E-state index contributed by atoms with van der Waals surface area (Å²) in [6, 6.07) is 10.5. The lowest BCUT2D eigenvalue weighted by Gasteiger charge is -2.14. The smallest absolute Gasteiger partial charge is 0.00689 e. The van der Waals surface area contributed by atoms with Crippen LogP contribution < -0.4 is 5.73 Å². The SMILES string of the molecule is C/C(=C\c1ccccc1)C1(CCN)CC1. The van der Waals surface area contributed by atoms with Crippen molar-refractivity contribution < 1.29 is 0 Å². The van der Waals surface area contributed by atoms with E-state index in [1.807, 2.05) is 0 Å². The van der Waals surface area contributed by atoms with Crippen molar-refractivity contribution in [3.05, 3.63) is 41.5 Å². The molecule has 80 valence electrons. The zero-order valence-electron chi connectivity index (χ0n) is 9.37. The van der Waals surface area contributed by atoms with Crippen LogP contribution >= 0.6 is 0 Å². The van der Waals surface area contributed by atoms with Gasteiger partial charge in [0.15, 0.2) is 0 Å². The van der Waals surface area contributed by atoms with Crippen molar-refractivity contribution in [1.82, 2.24) is 0 Å². The molecule has 0 spiro atoms. The number of allylic oxidation sites excluding steroid dienone is 1. The van der Waals surface area contributed by atoms with Crippen molar-refractivity contribution in [3.63, 3.8) is 0 Å². The fourth-order valence-corrected chi connectivity index (χ4v) is 2.22. The zero-order chi connectivity index (χ0) is 10.7. The molecule has 0 heterocycles. The van der Waals surface area contributed by atoms with Crippen LogP contribution in [-0.2, 0) is 0 Å². The van der Waals surface area contributed by atoms with Crippen LogP contribution in [0.15, 0.2) is 35.9 Å². The van der Waals surface area contributed by atoms with Gasteiger partial charge in [-0.05, 0) is 43.7 Å². The molecule has 1 saturated carbocycles. The van der Waals surface area contributed by atoms with Gasteiger partial charge in [0, 0.05) is 0 Å². The molecule has 2 N–H and O–H groups in total. The molecular weight excluding hydrogens is 182 g/mol. The van der Waals surface area contributed by atoms with Crippen molar-refractivity contribution in [1.29, 1.82) is 0 Å². The summed E-state index contributed by atoms with van der Waals surface area (Å²) in [5.74, 6) is 0. The highest BCUT2D eigenvalue weighted by Gasteiger charge is 2.42. The van der Waals surface area contributed by atoms with Gasteiger partial charge in [-0.25, -0.2) is 0 Å². The molecule has 0 radical (unpaired) electrons. The molecule has 1 fully saturated rings. The van der Waals surface area contributed by atoms with E-state index in [0.29, 0.717) is 5.41 Å². The average Bonchev–Trinajstić information content (AvgIpc) is 3.01. The van der Waals surface area contributed by atoms with Crippen LogP contribution in [0.1, 0.15) is 31.7 Å². The Labute approximate surface area is 92.0 Å². The number of hydrogen-bond donors (Lipinski definition) is 1. The Morgan fingerprint density at radius 3 is 2.53 bits per heavy atom. The Kier molecular flexibility index (Phi) is 2.92. The summed E-state index contributed by atoms with van der Waals surface area (Å²) in [4.78, 5) is 0. The Hall–Kier alpha value is -1.08. The molecule has 1 aromatic carbocycles. The molecule has 1 aromatic rings. The molecule has 0 amide bonds. The van der Waals surface area contributed by atoms with E-state index in [1.165, 1.54) is 24.0 Å². The molecule has 0 aromatic heterocycles. The fraction of sp³-hybridized carbons (Fsp3) is 0.429. The molecule has 1 aliphatic carbocycles. The normalized spacial score (nSPS) is 18.9. The summed E-state index contributed by atoms with van der Waals surface area (Å²) in [5.41, 5.74) is 8.91. The van der Waals surface area contributed by atoms with Gasteiger partial charge in [-0.1, -0.05) is 42.0 Å². The third kappa shape index (κ3) is 2.29. The summed E-state index contributed by atoms with van der Waals surface area (Å²) in [6.07, 6.45) is 6.09. The van der Waals surface area contributed by atoms with E-state index < -0.39 is 0 Å². The minimum Gasteiger partial charge on any atom is -0.330 e. The van der Waals surface area contributed by atoms with E-state index in [2.05, 4.69) is 43.3 Å². The van der Waals surface area contributed by atoms with Crippen molar-refractivity contribution in [2.24, 2.45) is 11.1 Å². The number of rotatable bonds is 4. The lowest BCUT2D eigenvalue weighted by molar-refractivity contribution is 0.561. The molecule has 2 rings (SSSR count). The van der Waals surface area contributed by atoms with Gasteiger partial charge in [-0.3, -0.25) is 0 Å². The van der Waals surface area contributed by atoms with Crippen LogP contribution in [-0.4, -0.2) is 6.54 Å². The van der Waals surface area contributed by atoms with Crippen molar-refractivity contribution in [2.45, 2.75) is 26.2 Å². The molecule has 0 saturated heterocycles. The standard InChI is InChI=1S/C14H19N/c1-12(14(7-8-14)9-10-15)11-13-5-3-2-4-6-13/h2-6,11H,7-10,15H2,1H3/b12-11+. The van der Waals surface area contributed by atoms with E-state index in [1.54, 1.807) is 0 Å². The second-order valence-corrected chi connectivity index (χ2v) is 4.56. The highest BCUT2D eigenvalue weighted by atomic mass is 14.6. The van der Waals surface area contributed by atoms with Crippen LogP contribution in [0.4, 0.5) is 0 Å². The van der Waals surface area contributed by atoms with Crippen molar-refractivity contribution in [3.8, 4) is 0 Å². The molecule has 15 heavy (non-hydrogen) atoms. The van der Waals surface area contributed by atoms with E-state index in [9.17, 15) is 0 Å². The number of benzene rings is 1. The van der Waals surface area contributed by atoms with Crippen molar-refractivity contribution >= 4 is 6.08 Å². The molecule has 1 aliphatic rings. The molecule has 0 aliphatic heterocycles. The summed E-state index contributed by atoms with van der Waals surface area (Å²) < 4.78 is 0. The predicted molar refractivity (Wildman–Crippen MR) is 65.4 cm³/mol. The monoisotopic (exact) mass is 201 g/mol. The molecule has 1 heteroatoms. The van der Waals surface area contributed by atoms with Gasteiger partial charge in [0.25, 0.3) is 0 Å². The van der Waals surface area contributed by atoms with Crippen LogP contribution in [0.2, 0.25) is 0 Å². The van der Waals surface area contributed by atoms with Crippen LogP contribution in [0, 0.1) is 5.41 Å². The van der Waals surface area contributed by atoms with Gasteiger partial charge in [0.05, 0.1) is 0 Å². The van der Waals surface area contributed by atoms with E-state index in [-0.39, 0.29) is 0 Å². The minimum atomic E-state index is 0.449. The van der Waals surface area contributed by atoms with E-state index in [0.717, 1.165) is 13.0 Å². The van der Waals surface area contributed by atoms with Crippen molar-refractivity contribution in [2.75, 3.05) is 6.54 Å². The minimum absolute atomic E-state index is 0.449. The maximum absolute atomic E-state index is 5.66. The first-order valence-electron chi connectivity index (χ1n) is 5.71. The third-order valence-corrected chi connectivity index (χ3v) is 3.50. The van der Waals surface area contributed by atoms with E-state index >= 15 is 0 Å². The van der Waals surface area contributed by atoms with Gasteiger partial charge in [-0.2, -0.15) is 0 Å². The van der Waals surface area contributed by atoms with Crippen LogP contribution in [0.3, 0.4) is 0 Å². The molecule has 0 atom stereocenters. The first-order valence-corrected chi connectivity index (χ1v) is 5.71. The maximum atomic E-state index is 5.66. The largest absolute Gasteiger partial charge is 0.330 e. The predicted octanol–water partition coefficient (Wildman–Crippen LogP) is 3.22. The Bertz CT molecular complexity index is 347. The first kappa shape index (κ1) is 10.4. The fourth-order valence-electron chi connectivity index (χ4n) is 2.22. The van der Waals surface area contributed by atoms with Gasteiger partial charge < -0.3 is 5.73 Å². The van der Waals surface area contributed by atoms with Gasteiger partial charge >= 0.3 is 0 Å². The summed E-state index contributed by atoms with van der Waals surface area (Å²) in [5, 5.41) is 0. The molecule has 0 bridgehead atoms. The third-order valence-electron chi connectivity index (χ3n) is 3.50. The Morgan fingerprint density at radius 2 is 2.00 bits per heavy atom. The highest BCUT2D eigenvalue weighted by Crippen LogP contribution is 2.54. The second-order valence-electron chi connectivity index (χ2n) is 4.56. The molecule has 1 nitrogen and oxygen atoms in total. The lowest BCUT2D eigenvalue weighted by atomic mass is 9.92. The van der Waals surface area contributed by atoms with Crippen LogP contribution in [0.5, 0.6) is 0 Å². The number of nitrogens with two attached hydrogens (primary N) is 1. The quantitative estimate of drug-likeness (QED) is 0.795. The first-order chi connectivity index (χ1) is 7.27. The molecule has 0 unspecified atom stereocenters. The topological polar surface area (TPSA) is 26.0 Å². The zero-order valence-corrected chi connectivity index (χ0v) is 9.37. The summed E-state index contributed by atoms with van der Waals surface area (Å²) in [7, 11) is 0. The highest BCUT2D eigenvalue weighted by molar-refractivity contribution is 5.54. The van der Waals surface area contributed by atoms with E-state index in [4.69, 9.17) is 5.73 Å². The second kappa shape index (κ2) is 4.19. The van der Waals surface area contributed by atoms with Gasteiger partial charge in [0.2, 0.25) is 0 Å². The molecular formula is C14H19N. The van der Waals surface area contributed by atoms with Gasteiger partial charge in [0.1, 0.15) is 0 Å². The summed E-state index contributed by atoms with van der Waals surface area (Å²) in [6.45, 7) is 3.05. The van der Waals surface area contributed by atoms with Crippen LogP contribution in [0.25, 0.3) is 6.08 Å². The Balaban J connectivity index is 2.14.